The van der Waals surface area contributed by atoms with Gasteiger partial charge >= 0.3 is 0 Å². The number of nitrogens with zero attached hydrogens (tertiary/aromatic N) is 3. The lowest BCUT2D eigenvalue weighted by atomic mass is 9.92. The fraction of sp³-hybridized carbons (Fsp3) is 0.545. The van der Waals surface area contributed by atoms with Gasteiger partial charge in [0.05, 0.1) is 11.6 Å². The van der Waals surface area contributed by atoms with Crippen molar-refractivity contribution in [3.8, 4) is 0 Å². The van der Waals surface area contributed by atoms with Gasteiger partial charge in [-0.3, -0.25) is 4.79 Å². The Morgan fingerprint density at radius 1 is 1.44 bits per heavy atom. The van der Waals surface area contributed by atoms with Gasteiger partial charge in [0.2, 0.25) is 5.91 Å². The second-order valence-electron chi connectivity index (χ2n) is 4.52. The number of nitrogens with two attached hydrogens (primary N) is 1. The summed E-state index contributed by atoms with van der Waals surface area (Å²) >= 11 is 11.9. The fourth-order valence-electron chi connectivity index (χ4n) is 2.22. The third kappa shape index (κ3) is 2.67. The first-order valence-electron chi connectivity index (χ1n) is 5.73. The van der Waals surface area contributed by atoms with Gasteiger partial charge in [-0.25, -0.2) is 0 Å². The van der Waals surface area contributed by atoms with Crippen molar-refractivity contribution in [3.63, 3.8) is 0 Å². The van der Waals surface area contributed by atoms with Crippen molar-refractivity contribution in [1.29, 1.82) is 0 Å². The van der Waals surface area contributed by atoms with Gasteiger partial charge in [-0.15, -0.1) is 10.2 Å². The summed E-state index contributed by atoms with van der Waals surface area (Å²) < 4.78 is 0. The molecular weight excluding hydrogens is 275 g/mol. The SMILES string of the molecule is CC1CCC(C(N)=O)CN1c1cc(Cl)nnc1Cl. The van der Waals surface area contributed by atoms with Crippen LogP contribution < -0.4 is 10.6 Å². The summed E-state index contributed by atoms with van der Waals surface area (Å²) in [5.41, 5.74) is 6.07. The van der Waals surface area contributed by atoms with Crippen molar-refractivity contribution in [2.24, 2.45) is 11.7 Å². The van der Waals surface area contributed by atoms with E-state index >= 15 is 0 Å². The van der Waals surface area contributed by atoms with E-state index in [-0.39, 0.29) is 28.2 Å². The zero-order valence-corrected chi connectivity index (χ0v) is 11.4. The van der Waals surface area contributed by atoms with E-state index in [1.807, 2.05) is 4.90 Å². The predicted octanol–water partition coefficient (Wildman–Crippen LogP) is 1.87. The number of piperidine rings is 1. The minimum Gasteiger partial charge on any atom is -0.369 e. The molecule has 0 spiro atoms. The average molecular weight is 289 g/mol. The van der Waals surface area contributed by atoms with Crippen LogP contribution in [0.2, 0.25) is 10.3 Å². The summed E-state index contributed by atoms with van der Waals surface area (Å²) in [5.74, 6) is -0.444. The van der Waals surface area contributed by atoms with E-state index in [0.717, 1.165) is 12.8 Å². The summed E-state index contributed by atoms with van der Waals surface area (Å²) in [6, 6.07) is 1.93. The Bertz CT molecular complexity index is 468. The van der Waals surface area contributed by atoms with Gasteiger partial charge in [0.15, 0.2) is 10.3 Å². The lowest BCUT2D eigenvalue weighted by Crippen LogP contribution is -2.46. The highest BCUT2D eigenvalue weighted by Crippen LogP contribution is 2.32. The predicted molar refractivity (Wildman–Crippen MR) is 70.8 cm³/mol. The number of anilines is 1. The lowest BCUT2D eigenvalue weighted by molar-refractivity contribution is -0.122. The first-order valence-corrected chi connectivity index (χ1v) is 6.49. The van der Waals surface area contributed by atoms with Crippen molar-refractivity contribution in [2.45, 2.75) is 25.8 Å². The van der Waals surface area contributed by atoms with Crippen LogP contribution in [-0.4, -0.2) is 28.7 Å². The van der Waals surface area contributed by atoms with E-state index in [0.29, 0.717) is 12.2 Å². The molecule has 5 nitrogen and oxygen atoms in total. The maximum Gasteiger partial charge on any atom is 0.222 e. The Morgan fingerprint density at radius 2 is 2.17 bits per heavy atom. The quantitative estimate of drug-likeness (QED) is 0.902. The molecule has 98 valence electrons. The van der Waals surface area contributed by atoms with E-state index in [9.17, 15) is 4.79 Å². The van der Waals surface area contributed by atoms with Gasteiger partial charge in [0.25, 0.3) is 0 Å². The van der Waals surface area contributed by atoms with Crippen LogP contribution in [0.15, 0.2) is 6.07 Å². The zero-order valence-electron chi connectivity index (χ0n) is 9.94. The molecule has 0 saturated carbocycles. The third-order valence-electron chi connectivity index (χ3n) is 3.29. The Labute approximate surface area is 115 Å². The highest BCUT2D eigenvalue weighted by Gasteiger charge is 2.30. The summed E-state index contributed by atoms with van der Waals surface area (Å²) in [5, 5.41) is 8.03. The molecule has 1 amide bonds. The highest BCUT2D eigenvalue weighted by molar-refractivity contribution is 6.33. The van der Waals surface area contributed by atoms with E-state index in [2.05, 4.69) is 17.1 Å². The first-order chi connectivity index (χ1) is 8.49. The molecule has 0 radical (unpaired) electrons. The van der Waals surface area contributed by atoms with Gasteiger partial charge in [-0.2, -0.15) is 0 Å². The number of hydrogen-bond acceptors (Lipinski definition) is 4. The van der Waals surface area contributed by atoms with Crippen molar-refractivity contribution in [2.75, 3.05) is 11.4 Å². The molecule has 2 N–H and O–H groups in total. The smallest absolute Gasteiger partial charge is 0.222 e. The first kappa shape index (κ1) is 13.4. The summed E-state index contributed by atoms with van der Waals surface area (Å²) in [4.78, 5) is 13.3. The van der Waals surface area contributed by atoms with Crippen molar-refractivity contribution in [1.82, 2.24) is 10.2 Å². The van der Waals surface area contributed by atoms with Crippen molar-refractivity contribution >= 4 is 34.8 Å². The minimum absolute atomic E-state index is 0.163. The van der Waals surface area contributed by atoms with Crippen LogP contribution in [0.4, 0.5) is 5.69 Å². The number of aromatic nitrogens is 2. The topological polar surface area (TPSA) is 72.1 Å². The molecule has 1 saturated heterocycles. The van der Waals surface area contributed by atoms with Crippen molar-refractivity contribution in [3.05, 3.63) is 16.4 Å². The molecule has 1 aromatic heterocycles. The Hall–Kier alpha value is -1.07. The standard InChI is InChI=1S/C11H14Cl2N4O/c1-6-2-3-7(11(14)18)5-17(6)8-4-9(12)15-16-10(8)13/h4,6-7H,2-3,5H2,1H3,(H2,14,18). The monoisotopic (exact) mass is 288 g/mol. The molecule has 2 heterocycles. The van der Waals surface area contributed by atoms with Crippen molar-refractivity contribution < 1.29 is 4.79 Å². The normalized spacial score (nSPS) is 24.1. The molecule has 0 aromatic carbocycles. The van der Waals surface area contributed by atoms with Gasteiger partial charge in [-0.1, -0.05) is 23.2 Å². The second-order valence-corrected chi connectivity index (χ2v) is 5.27. The van der Waals surface area contributed by atoms with Crippen LogP contribution in [0.1, 0.15) is 19.8 Å². The van der Waals surface area contributed by atoms with Crippen LogP contribution in [0, 0.1) is 5.92 Å². The Morgan fingerprint density at radius 3 is 2.83 bits per heavy atom. The Balaban J connectivity index is 2.29. The molecule has 2 unspecified atom stereocenters. The average Bonchev–Trinajstić information content (AvgIpc) is 2.33. The van der Waals surface area contributed by atoms with Gasteiger partial charge in [0.1, 0.15) is 0 Å². The van der Waals surface area contributed by atoms with Gasteiger partial charge in [-0.05, 0) is 19.8 Å². The molecule has 1 aromatic rings. The van der Waals surface area contributed by atoms with Crippen LogP contribution in [0.25, 0.3) is 0 Å². The maximum absolute atomic E-state index is 11.3. The molecular formula is C11H14Cl2N4O. The molecule has 1 aliphatic rings. The minimum atomic E-state index is -0.281. The Kier molecular flexibility index (Phi) is 3.92. The molecule has 2 rings (SSSR count). The number of rotatable bonds is 2. The van der Waals surface area contributed by atoms with Crippen LogP contribution in [0.3, 0.4) is 0 Å². The van der Waals surface area contributed by atoms with Gasteiger partial charge in [0, 0.05) is 18.7 Å². The molecule has 1 aliphatic heterocycles. The third-order valence-corrected chi connectivity index (χ3v) is 3.75. The lowest BCUT2D eigenvalue weighted by Gasteiger charge is -2.38. The fourth-order valence-corrected chi connectivity index (χ4v) is 2.56. The molecule has 0 bridgehead atoms. The van der Waals surface area contributed by atoms with Gasteiger partial charge < -0.3 is 10.6 Å². The van der Waals surface area contributed by atoms with E-state index in [4.69, 9.17) is 28.9 Å². The zero-order chi connectivity index (χ0) is 13.3. The van der Waals surface area contributed by atoms with E-state index in [1.165, 1.54) is 0 Å². The van der Waals surface area contributed by atoms with Crippen LogP contribution >= 0.6 is 23.2 Å². The molecule has 18 heavy (non-hydrogen) atoms. The number of primary amides is 1. The molecule has 1 fully saturated rings. The van der Waals surface area contributed by atoms with Crippen LogP contribution in [0.5, 0.6) is 0 Å². The number of carbonyl (C=O) groups excluding carboxylic acids is 1. The summed E-state index contributed by atoms with van der Waals surface area (Å²) in [6.45, 7) is 2.61. The largest absolute Gasteiger partial charge is 0.369 e. The molecule has 0 aliphatic carbocycles. The van der Waals surface area contributed by atoms with Crippen LogP contribution in [-0.2, 0) is 4.79 Å². The number of carbonyl (C=O) groups is 1. The van der Waals surface area contributed by atoms with E-state index < -0.39 is 0 Å². The molecule has 2 atom stereocenters. The number of halogens is 2. The maximum atomic E-state index is 11.3. The van der Waals surface area contributed by atoms with E-state index in [1.54, 1.807) is 6.07 Å². The highest BCUT2D eigenvalue weighted by atomic mass is 35.5. The second kappa shape index (κ2) is 5.28. The summed E-state index contributed by atoms with van der Waals surface area (Å²) in [6.07, 6.45) is 1.68. The number of hydrogen-bond donors (Lipinski definition) is 1. The summed E-state index contributed by atoms with van der Waals surface area (Å²) in [7, 11) is 0. The molecule has 7 heteroatoms. The number of amides is 1.